The second-order valence-corrected chi connectivity index (χ2v) is 16.4. The van der Waals surface area contributed by atoms with Gasteiger partial charge in [0, 0.05) is 11.9 Å². The van der Waals surface area contributed by atoms with Gasteiger partial charge in [-0.15, -0.1) is 0 Å². The summed E-state index contributed by atoms with van der Waals surface area (Å²) in [6.07, 6.45) is 57.4. The summed E-state index contributed by atoms with van der Waals surface area (Å²) in [5, 5.41) is 20.6. The van der Waals surface area contributed by atoms with Gasteiger partial charge in [-0.2, -0.15) is 0 Å². The monoisotopic (exact) mass is 759 g/mol. The Kier molecular flexibility index (Phi) is 57.9. The van der Waals surface area contributed by atoms with Crippen LogP contribution in [0.25, 0.3) is 0 Å². The number of hydrogen-bond donors (Lipinski definition) is 0. The van der Waals surface area contributed by atoms with Crippen molar-refractivity contribution in [1.29, 1.82) is 0 Å². The first-order valence-corrected chi connectivity index (χ1v) is 23.9. The van der Waals surface area contributed by atoms with E-state index in [4.69, 9.17) is 0 Å². The van der Waals surface area contributed by atoms with Crippen molar-refractivity contribution in [2.75, 3.05) is 0 Å². The number of rotatable bonds is 44. The van der Waals surface area contributed by atoms with Gasteiger partial charge in [-0.25, -0.2) is 0 Å². The van der Waals surface area contributed by atoms with Crippen LogP contribution in [0.2, 0.25) is 0 Å². The minimum absolute atomic E-state index is 0. The molecule has 0 N–H and O–H groups in total. The second-order valence-electron chi connectivity index (χ2n) is 16.4. The number of carboxylic acid groups (broad SMARTS) is 2. The summed E-state index contributed by atoms with van der Waals surface area (Å²) in [4.78, 5) is 20.6. The first kappa shape index (κ1) is 57.0. The van der Waals surface area contributed by atoms with E-state index in [0.717, 1.165) is 25.7 Å². The van der Waals surface area contributed by atoms with Crippen LogP contribution in [-0.2, 0) is 9.59 Å². The molecule has 0 aliphatic rings. The zero-order chi connectivity index (χ0) is 38.3. The normalized spacial score (nSPS) is 10.9. The molecule has 0 radical (unpaired) electrons. The van der Waals surface area contributed by atoms with Crippen molar-refractivity contribution in [3.63, 3.8) is 0 Å². The maximum atomic E-state index is 10.3. The van der Waals surface area contributed by atoms with Gasteiger partial charge >= 0.3 is 23.1 Å². The molecule has 5 heteroatoms. The maximum Gasteiger partial charge on any atom is 2.00 e. The molecule has 0 aromatic heterocycles. The van der Waals surface area contributed by atoms with E-state index in [1.165, 1.54) is 244 Å². The Balaban J connectivity index is -0.000000926. The number of carbonyl (C=O) groups is 2. The zero-order valence-corrected chi connectivity index (χ0v) is 37.9. The van der Waals surface area contributed by atoms with E-state index < -0.39 is 11.9 Å². The van der Waals surface area contributed by atoms with Gasteiger partial charge < -0.3 is 19.8 Å². The molecule has 0 atom stereocenters. The summed E-state index contributed by atoms with van der Waals surface area (Å²) in [5.41, 5.74) is 0. The van der Waals surface area contributed by atoms with Crippen LogP contribution in [-0.4, -0.2) is 35.0 Å². The molecule has 0 aliphatic carbocycles. The van der Waals surface area contributed by atoms with E-state index in [9.17, 15) is 19.8 Å². The smallest absolute Gasteiger partial charge is 0.550 e. The van der Waals surface area contributed by atoms with Crippen molar-refractivity contribution >= 4 is 35.0 Å². The molecular weight excluding hydrogens is 665 g/mol. The van der Waals surface area contributed by atoms with Gasteiger partial charge in [-0.05, 0) is 25.7 Å². The third-order valence-electron chi connectivity index (χ3n) is 11.0. The molecule has 0 unspecified atom stereocenters. The van der Waals surface area contributed by atoms with Crippen molar-refractivity contribution < 1.29 is 19.8 Å². The molecule has 0 spiro atoms. The molecule has 0 amide bonds. The van der Waals surface area contributed by atoms with Crippen molar-refractivity contribution in [2.24, 2.45) is 0 Å². The van der Waals surface area contributed by atoms with Crippen LogP contribution in [0.1, 0.15) is 296 Å². The van der Waals surface area contributed by atoms with Crippen molar-refractivity contribution in [3.05, 3.63) is 0 Å². The van der Waals surface area contributed by atoms with Gasteiger partial charge in [0.15, 0.2) is 0 Å². The van der Waals surface area contributed by atoms with Gasteiger partial charge in [0.25, 0.3) is 0 Å². The topological polar surface area (TPSA) is 80.3 Å². The van der Waals surface area contributed by atoms with Crippen LogP contribution in [0.5, 0.6) is 0 Å². The summed E-state index contributed by atoms with van der Waals surface area (Å²) >= 11 is 0. The fourth-order valence-electron chi connectivity index (χ4n) is 7.40. The van der Waals surface area contributed by atoms with Crippen LogP contribution in [0, 0.1) is 0 Å². The number of hydrogen-bond acceptors (Lipinski definition) is 4. The van der Waals surface area contributed by atoms with Crippen molar-refractivity contribution in [3.8, 4) is 0 Å². The van der Waals surface area contributed by atoms with Crippen LogP contribution in [0.3, 0.4) is 0 Å². The Bertz CT molecular complexity index is 614. The fraction of sp³-hybridized carbons (Fsp3) is 0.958. The Morgan fingerprint density at radius 1 is 0.245 bits per heavy atom. The first-order valence-electron chi connectivity index (χ1n) is 23.9. The van der Waals surface area contributed by atoms with Crippen molar-refractivity contribution in [2.45, 2.75) is 296 Å². The Labute approximate surface area is 349 Å². The number of carboxylic acids is 2. The van der Waals surface area contributed by atoms with E-state index in [1.807, 2.05) is 0 Å². The summed E-state index contributed by atoms with van der Waals surface area (Å²) in [5.74, 6) is -1.80. The Morgan fingerprint density at radius 2 is 0.358 bits per heavy atom. The predicted octanol–water partition coefficient (Wildman–Crippen LogP) is 14.3. The van der Waals surface area contributed by atoms with Gasteiger partial charge in [-0.1, -0.05) is 271 Å². The molecular formula is C48H94MgO4. The largest absolute Gasteiger partial charge is 2.00 e. The molecule has 0 aliphatic heterocycles. The summed E-state index contributed by atoms with van der Waals surface area (Å²) in [7, 11) is 0. The quantitative estimate of drug-likeness (QED) is 0.0458. The van der Waals surface area contributed by atoms with E-state index in [0.29, 0.717) is 0 Å². The molecule has 0 rings (SSSR count). The van der Waals surface area contributed by atoms with Crippen LogP contribution >= 0.6 is 0 Å². The molecule has 0 heterocycles. The van der Waals surface area contributed by atoms with E-state index in [-0.39, 0.29) is 35.9 Å². The Morgan fingerprint density at radius 3 is 0.472 bits per heavy atom. The van der Waals surface area contributed by atoms with Gasteiger partial charge in [0.1, 0.15) is 0 Å². The van der Waals surface area contributed by atoms with E-state index >= 15 is 0 Å². The van der Waals surface area contributed by atoms with Crippen molar-refractivity contribution in [1.82, 2.24) is 0 Å². The molecule has 0 saturated carbocycles. The maximum absolute atomic E-state index is 10.3. The van der Waals surface area contributed by atoms with Crippen LogP contribution < -0.4 is 10.2 Å². The molecule has 0 fully saturated rings. The van der Waals surface area contributed by atoms with E-state index in [2.05, 4.69) is 13.8 Å². The third-order valence-corrected chi connectivity index (χ3v) is 11.0. The number of aliphatic carboxylic acids is 2. The van der Waals surface area contributed by atoms with Crippen LogP contribution in [0.4, 0.5) is 0 Å². The standard InChI is InChI=1S/2C24H48O2.Mg/c2*1-2-3-4-5-6-7-8-9-10-11-12-13-14-15-16-17-18-19-20-21-22-23-24(25)26;/h2*2-23H2,1H3,(H,25,26);/q;;+2/p-2. The molecule has 0 aromatic rings. The van der Waals surface area contributed by atoms with Gasteiger partial charge in [0.2, 0.25) is 0 Å². The molecule has 4 nitrogen and oxygen atoms in total. The fourth-order valence-corrected chi connectivity index (χ4v) is 7.40. The average molecular weight is 760 g/mol. The third kappa shape index (κ3) is 61.2. The number of unbranched alkanes of at least 4 members (excludes halogenated alkanes) is 40. The van der Waals surface area contributed by atoms with Gasteiger partial charge in [-0.3, -0.25) is 0 Å². The predicted molar refractivity (Wildman–Crippen MR) is 230 cm³/mol. The number of carbonyl (C=O) groups excluding carboxylic acids is 2. The van der Waals surface area contributed by atoms with Crippen LogP contribution in [0.15, 0.2) is 0 Å². The second kappa shape index (κ2) is 53.8. The summed E-state index contributed by atoms with van der Waals surface area (Å²) < 4.78 is 0. The average Bonchev–Trinajstić information content (AvgIpc) is 3.13. The molecule has 53 heavy (non-hydrogen) atoms. The zero-order valence-electron chi connectivity index (χ0n) is 36.5. The van der Waals surface area contributed by atoms with Gasteiger partial charge in [0.05, 0.1) is 0 Å². The first-order chi connectivity index (χ1) is 25.5. The minimum Gasteiger partial charge on any atom is -0.550 e. The van der Waals surface area contributed by atoms with E-state index in [1.54, 1.807) is 0 Å². The Hall–Kier alpha value is -0.294. The molecule has 0 aromatic carbocycles. The molecule has 312 valence electrons. The molecule has 0 saturated heterocycles. The minimum atomic E-state index is -0.900. The molecule has 0 bridgehead atoms. The SMILES string of the molecule is CCCCCCCCCCCCCCCCCCCCCCCC(=O)[O-].CCCCCCCCCCCCCCCCCCCCCCCC(=O)[O-].[Mg+2]. The summed E-state index contributed by atoms with van der Waals surface area (Å²) in [6.45, 7) is 4.57. The summed E-state index contributed by atoms with van der Waals surface area (Å²) in [6, 6.07) is 0.